The second-order valence-electron chi connectivity index (χ2n) is 10.6. The normalized spacial score (nSPS) is 12.1. The summed E-state index contributed by atoms with van der Waals surface area (Å²) in [6.07, 6.45) is 1.97. The Bertz CT molecular complexity index is 1340. The Morgan fingerprint density at radius 1 is 0.875 bits per heavy atom. The van der Waals surface area contributed by atoms with Gasteiger partial charge in [0.05, 0.1) is 11.9 Å². The highest BCUT2D eigenvalue weighted by atomic mass is 32.2. The van der Waals surface area contributed by atoms with E-state index in [1.807, 2.05) is 81.4 Å². The minimum atomic E-state index is -3.53. The standard InChI is InChI=1S/C32H41N3O4S/c1-25(2)23-33-32(37)30(22-27-14-7-5-8-15-27)34(24-28-16-11-13-26(3)21-28)31(36)19-12-20-35(40(4,38)39)29-17-9-6-10-18-29/h5-11,13-18,21,25,30H,12,19-20,22-24H2,1-4H3,(H,33,37)/t30-/m1/s1. The molecule has 0 saturated heterocycles. The quantitative estimate of drug-likeness (QED) is 0.301. The Morgan fingerprint density at radius 2 is 1.50 bits per heavy atom. The molecular weight excluding hydrogens is 522 g/mol. The predicted molar refractivity (Wildman–Crippen MR) is 161 cm³/mol. The maximum absolute atomic E-state index is 13.9. The van der Waals surface area contributed by atoms with Crippen molar-refractivity contribution in [2.75, 3.05) is 23.7 Å². The van der Waals surface area contributed by atoms with Crippen LogP contribution < -0.4 is 9.62 Å². The van der Waals surface area contributed by atoms with E-state index in [0.717, 1.165) is 16.7 Å². The van der Waals surface area contributed by atoms with E-state index in [9.17, 15) is 18.0 Å². The first kappa shape index (κ1) is 30.9. The molecule has 3 aromatic carbocycles. The monoisotopic (exact) mass is 563 g/mol. The average Bonchev–Trinajstić information content (AvgIpc) is 2.92. The van der Waals surface area contributed by atoms with E-state index in [2.05, 4.69) is 5.32 Å². The predicted octanol–water partition coefficient (Wildman–Crippen LogP) is 4.95. The van der Waals surface area contributed by atoms with Gasteiger partial charge in [0, 0.05) is 32.5 Å². The highest BCUT2D eigenvalue weighted by Crippen LogP contribution is 2.20. The summed E-state index contributed by atoms with van der Waals surface area (Å²) in [6, 6.07) is 25.8. The number of hydrogen-bond acceptors (Lipinski definition) is 4. The smallest absolute Gasteiger partial charge is 0.243 e. The minimum absolute atomic E-state index is 0.105. The molecule has 0 fully saturated rings. The van der Waals surface area contributed by atoms with E-state index >= 15 is 0 Å². The summed E-state index contributed by atoms with van der Waals surface area (Å²) in [6.45, 7) is 7.01. The van der Waals surface area contributed by atoms with Gasteiger partial charge in [0.1, 0.15) is 6.04 Å². The van der Waals surface area contributed by atoms with E-state index in [-0.39, 0.29) is 37.2 Å². The fourth-order valence-electron chi connectivity index (χ4n) is 4.58. The first-order chi connectivity index (χ1) is 19.0. The first-order valence-corrected chi connectivity index (χ1v) is 15.6. The Morgan fingerprint density at radius 3 is 2.10 bits per heavy atom. The number of carbonyl (C=O) groups excluding carboxylic acids is 2. The van der Waals surface area contributed by atoms with Crippen molar-refractivity contribution in [1.29, 1.82) is 0 Å². The Balaban J connectivity index is 1.87. The van der Waals surface area contributed by atoms with Gasteiger partial charge < -0.3 is 10.2 Å². The number of anilines is 1. The number of carbonyl (C=O) groups is 2. The van der Waals surface area contributed by atoms with Crippen molar-refractivity contribution in [3.8, 4) is 0 Å². The van der Waals surface area contributed by atoms with Gasteiger partial charge in [0.15, 0.2) is 0 Å². The molecule has 0 saturated carbocycles. The summed E-state index contributed by atoms with van der Waals surface area (Å²) in [5.41, 5.74) is 3.52. The second-order valence-corrected chi connectivity index (χ2v) is 12.5. The molecule has 3 rings (SSSR count). The number of para-hydroxylation sites is 1. The molecule has 0 aliphatic carbocycles. The van der Waals surface area contributed by atoms with Gasteiger partial charge in [-0.05, 0) is 42.5 Å². The third-order valence-electron chi connectivity index (χ3n) is 6.59. The van der Waals surface area contributed by atoms with Crippen LogP contribution in [0.25, 0.3) is 0 Å². The van der Waals surface area contributed by atoms with Gasteiger partial charge in [0.25, 0.3) is 0 Å². The third-order valence-corrected chi connectivity index (χ3v) is 7.78. The average molecular weight is 564 g/mol. The van der Waals surface area contributed by atoms with E-state index in [1.54, 1.807) is 29.2 Å². The summed E-state index contributed by atoms with van der Waals surface area (Å²) < 4.78 is 26.4. The molecule has 0 aromatic heterocycles. The summed E-state index contributed by atoms with van der Waals surface area (Å²) in [7, 11) is -3.53. The summed E-state index contributed by atoms with van der Waals surface area (Å²) in [5.74, 6) is -0.119. The van der Waals surface area contributed by atoms with Crippen LogP contribution in [0.4, 0.5) is 5.69 Å². The number of amides is 2. The fraction of sp³-hybridized carbons (Fsp3) is 0.375. The lowest BCUT2D eigenvalue weighted by atomic mass is 10.0. The summed E-state index contributed by atoms with van der Waals surface area (Å²) >= 11 is 0. The molecule has 0 aliphatic heterocycles. The van der Waals surface area contributed by atoms with Gasteiger partial charge in [-0.25, -0.2) is 8.42 Å². The molecule has 0 aliphatic rings. The third kappa shape index (κ3) is 9.52. The van der Waals surface area contributed by atoms with Gasteiger partial charge in [-0.15, -0.1) is 0 Å². The highest BCUT2D eigenvalue weighted by molar-refractivity contribution is 7.92. The van der Waals surface area contributed by atoms with Crippen LogP contribution >= 0.6 is 0 Å². The number of aryl methyl sites for hydroxylation is 1. The topological polar surface area (TPSA) is 86.8 Å². The van der Waals surface area contributed by atoms with Gasteiger partial charge in [-0.3, -0.25) is 13.9 Å². The minimum Gasteiger partial charge on any atom is -0.354 e. The Kier molecular flexibility index (Phi) is 11.3. The van der Waals surface area contributed by atoms with E-state index in [4.69, 9.17) is 0 Å². The van der Waals surface area contributed by atoms with Crippen LogP contribution in [0.5, 0.6) is 0 Å². The van der Waals surface area contributed by atoms with Crippen LogP contribution in [0.2, 0.25) is 0 Å². The molecular formula is C32H41N3O4S. The molecule has 0 bridgehead atoms. The van der Waals surface area contributed by atoms with Crippen molar-refractivity contribution < 1.29 is 18.0 Å². The molecule has 3 aromatic rings. The lowest BCUT2D eigenvalue weighted by Gasteiger charge is -2.32. The zero-order valence-corrected chi connectivity index (χ0v) is 24.7. The zero-order chi connectivity index (χ0) is 29.1. The fourth-order valence-corrected chi connectivity index (χ4v) is 5.55. The van der Waals surface area contributed by atoms with Gasteiger partial charge in [0.2, 0.25) is 21.8 Å². The Labute approximate surface area is 239 Å². The molecule has 214 valence electrons. The SMILES string of the molecule is Cc1cccc(CN(C(=O)CCCN(c2ccccc2)S(C)(=O)=O)[C@H](Cc2ccccc2)C(=O)NCC(C)C)c1. The van der Waals surface area contributed by atoms with Crippen LogP contribution in [-0.4, -0.2) is 50.5 Å². The van der Waals surface area contributed by atoms with Crippen LogP contribution in [-0.2, 0) is 32.6 Å². The van der Waals surface area contributed by atoms with E-state index < -0.39 is 16.1 Å². The molecule has 8 heteroatoms. The van der Waals surface area contributed by atoms with E-state index in [0.29, 0.717) is 25.1 Å². The first-order valence-electron chi connectivity index (χ1n) is 13.7. The number of nitrogens with one attached hydrogen (secondary N) is 1. The molecule has 0 heterocycles. The zero-order valence-electron chi connectivity index (χ0n) is 23.9. The molecule has 1 atom stereocenters. The number of sulfonamides is 1. The van der Waals surface area contributed by atoms with Crippen LogP contribution in [0.15, 0.2) is 84.9 Å². The number of nitrogens with zero attached hydrogens (tertiary/aromatic N) is 2. The van der Waals surface area contributed by atoms with Gasteiger partial charge in [-0.2, -0.15) is 0 Å². The summed E-state index contributed by atoms with van der Waals surface area (Å²) in [5, 5.41) is 3.03. The van der Waals surface area contributed by atoms with Crippen molar-refractivity contribution in [1.82, 2.24) is 10.2 Å². The van der Waals surface area contributed by atoms with Crippen molar-refractivity contribution in [2.24, 2.45) is 5.92 Å². The molecule has 0 spiro atoms. The molecule has 40 heavy (non-hydrogen) atoms. The Hall–Kier alpha value is -3.65. The second kappa shape index (κ2) is 14.7. The number of rotatable bonds is 14. The molecule has 0 unspecified atom stereocenters. The molecule has 1 N–H and O–H groups in total. The number of hydrogen-bond donors (Lipinski definition) is 1. The number of benzene rings is 3. The lowest BCUT2D eigenvalue weighted by Crippen LogP contribution is -2.51. The van der Waals surface area contributed by atoms with Gasteiger partial charge >= 0.3 is 0 Å². The van der Waals surface area contributed by atoms with Crippen LogP contribution in [0, 0.1) is 12.8 Å². The van der Waals surface area contributed by atoms with Crippen LogP contribution in [0.3, 0.4) is 0 Å². The summed E-state index contributed by atoms with van der Waals surface area (Å²) in [4.78, 5) is 29.1. The van der Waals surface area contributed by atoms with Crippen molar-refractivity contribution >= 4 is 27.5 Å². The van der Waals surface area contributed by atoms with Crippen molar-refractivity contribution in [3.63, 3.8) is 0 Å². The molecule has 7 nitrogen and oxygen atoms in total. The van der Waals surface area contributed by atoms with Crippen LogP contribution in [0.1, 0.15) is 43.4 Å². The van der Waals surface area contributed by atoms with Crippen molar-refractivity contribution in [2.45, 2.75) is 52.6 Å². The van der Waals surface area contributed by atoms with E-state index in [1.165, 1.54) is 10.6 Å². The largest absolute Gasteiger partial charge is 0.354 e. The maximum atomic E-state index is 13.9. The molecule has 2 amide bonds. The van der Waals surface area contributed by atoms with Crippen molar-refractivity contribution in [3.05, 3.63) is 102 Å². The maximum Gasteiger partial charge on any atom is 0.243 e. The lowest BCUT2D eigenvalue weighted by molar-refractivity contribution is -0.141. The molecule has 0 radical (unpaired) electrons. The van der Waals surface area contributed by atoms with Gasteiger partial charge in [-0.1, -0.05) is 92.2 Å². The highest BCUT2D eigenvalue weighted by Gasteiger charge is 2.30.